The van der Waals surface area contributed by atoms with Gasteiger partial charge >= 0.3 is 5.97 Å². The van der Waals surface area contributed by atoms with Crippen molar-refractivity contribution in [3.8, 4) is 0 Å². The van der Waals surface area contributed by atoms with Crippen molar-refractivity contribution in [2.75, 3.05) is 20.3 Å². The van der Waals surface area contributed by atoms with E-state index in [0.717, 1.165) is 14.0 Å². The molecule has 8 heteroatoms. The maximum absolute atomic E-state index is 11.6. The normalized spacial score (nSPS) is 14.6. The largest absolute Gasteiger partial charge is 0.468 e. The summed E-state index contributed by atoms with van der Waals surface area (Å²) in [6, 6.07) is 0. The van der Waals surface area contributed by atoms with Crippen LogP contribution in [0.2, 0.25) is 0 Å². The molecule has 0 rings (SSSR count). The second kappa shape index (κ2) is 5.58. The predicted octanol–water partition coefficient (Wildman–Crippen LogP) is -1.79. The van der Waals surface area contributed by atoms with Crippen LogP contribution in [0.5, 0.6) is 0 Å². The van der Waals surface area contributed by atoms with E-state index in [0.29, 0.717) is 0 Å². The molecule has 16 heavy (non-hydrogen) atoms. The van der Waals surface area contributed by atoms with Crippen molar-refractivity contribution in [3.05, 3.63) is 0 Å². The molecular formula is C8H17NO6S. The van der Waals surface area contributed by atoms with Crippen LogP contribution in [0.3, 0.4) is 0 Å². The van der Waals surface area contributed by atoms with Gasteiger partial charge in [0.05, 0.1) is 25.9 Å². The average molecular weight is 255 g/mol. The van der Waals surface area contributed by atoms with Crippen molar-refractivity contribution in [1.29, 1.82) is 0 Å². The summed E-state index contributed by atoms with van der Waals surface area (Å²) in [5.41, 5.74) is -1.40. The van der Waals surface area contributed by atoms with E-state index in [2.05, 4.69) is 9.46 Å². The van der Waals surface area contributed by atoms with Crippen molar-refractivity contribution in [2.45, 2.75) is 24.6 Å². The van der Waals surface area contributed by atoms with Gasteiger partial charge in [-0.3, -0.25) is 4.79 Å². The lowest BCUT2D eigenvalue weighted by Gasteiger charge is -2.27. The first kappa shape index (κ1) is 15.3. The molecule has 0 aromatic rings. The predicted molar refractivity (Wildman–Crippen MR) is 56.1 cm³/mol. The summed E-state index contributed by atoms with van der Waals surface area (Å²) in [4.78, 5) is 11.1. The van der Waals surface area contributed by atoms with Crippen molar-refractivity contribution >= 4 is 16.0 Å². The van der Waals surface area contributed by atoms with Gasteiger partial charge in [0.2, 0.25) is 10.0 Å². The van der Waals surface area contributed by atoms with Crippen molar-refractivity contribution in [1.82, 2.24) is 4.72 Å². The SMILES string of the molecule is COC(=O)C(C)S(=O)(=O)NC(C)(CO)CO. The molecule has 0 fully saturated rings. The molecule has 0 amide bonds. The Kier molecular flexibility index (Phi) is 5.33. The first-order valence-electron chi connectivity index (χ1n) is 4.55. The van der Waals surface area contributed by atoms with Crippen LogP contribution >= 0.6 is 0 Å². The van der Waals surface area contributed by atoms with Crippen molar-refractivity contribution in [3.63, 3.8) is 0 Å². The van der Waals surface area contributed by atoms with Gasteiger partial charge in [0.25, 0.3) is 0 Å². The molecule has 1 atom stereocenters. The molecule has 7 nitrogen and oxygen atoms in total. The lowest BCUT2D eigenvalue weighted by atomic mass is 10.1. The van der Waals surface area contributed by atoms with E-state index < -0.39 is 40.0 Å². The fraction of sp³-hybridized carbons (Fsp3) is 0.875. The van der Waals surface area contributed by atoms with Crippen molar-refractivity contribution in [2.24, 2.45) is 0 Å². The number of carbonyl (C=O) groups is 1. The monoisotopic (exact) mass is 255 g/mol. The van der Waals surface area contributed by atoms with Crippen LogP contribution in [0, 0.1) is 0 Å². The molecule has 0 heterocycles. The quantitative estimate of drug-likeness (QED) is 0.483. The highest BCUT2D eigenvalue weighted by atomic mass is 32.2. The number of methoxy groups -OCH3 is 1. The van der Waals surface area contributed by atoms with E-state index >= 15 is 0 Å². The van der Waals surface area contributed by atoms with E-state index in [1.54, 1.807) is 0 Å². The molecule has 0 aliphatic heterocycles. The lowest BCUT2D eigenvalue weighted by Crippen LogP contribution is -2.54. The van der Waals surface area contributed by atoms with Gasteiger partial charge in [0, 0.05) is 0 Å². The van der Waals surface area contributed by atoms with Gasteiger partial charge in [-0.05, 0) is 13.8 Å². The summed E-state index contributed by atoms with van der Waals surface area (Å²) in [5, 5.41) is 16.4. The average Bonchev–Trinajstić information content (AvgIpc) is 2.26. The number of hydrogen-bond donors (Lipinski definition) is 3. The zero-order chi connectivity index (χ0) is 13.0. The summed E-state index contributed by atoms with van der Waals surface area (Å²) in [7, 11) is -2.92. The minimum atomic E-state index is -4.00. The molecule has 0 spiro atoms. The van der Waals surface area contributed by atoms with E-state index in [9.17, 15) is 13.2 Å². The van der Waals surface area contributed by atoms with E-state index in [1.165, 1.54) is 6.92 Å². The number of hydrogen-bond acceptors (Lipinski definition) is 6. The van der Waals surface area contributed by atoms with Gasteiger partial charge in [-0.25, -0.2) is 13.1 Å². The van der Waals surface area contributed by atoms with E-state index in [1.807, 2.05) is 0 Å². The minimum absolute atomic E-state index is 0.587. The molecule has 0 aromatic carbocycles. The molecule has 0 radical (unpaired) electrons. The lowest BCUT2D eigenvalue weighted by molar-refractivity contribution is -0.139. The molecule has 3 N–H and O–H groups in total. The Balaban J connectivity index is 4.89. The summed E-state index contributed by atoms with van der Waals surface area (Å²) in [6.45, 7) is 1.30. The fourth-order valence-electron chi connectivity index (χ4n) is 0.839. The zero-order valence-corrected chi connectivity index (χ0v) is 10.2. The van der Waals surface area contributed by atoms with Crippen LogP contribution in [0.4, 0.5) is 0 Å². The van der Waals surface area contributed by atoms with Gasteiger partial charge in [-0.1, -0.05) is 0 Å². The van der Waals surface area contributed by atoms with Crippen LogP contribution in [-0.2, 0) is 19.6 Å². The highest BCUT2D eigenvalue weighted by molar-refractivity contribution is 7.90. The smallest absolute Gasteiger partial charge is 0.325 e. The third-order valence-corrected chi connectivity index (χ3v) is 3.99. The molecule has 1 unspecified atom stereocenters. The third kappa shape index (κ3) is 3.71. The molecule has 0 saturated carbocycles. The number of esters is 1. The molecular weight excluding hydrogens is 238 g/mol. The maximum Gasteiger partial charge on any atom is 0.325 e. The summed E-state index contributed by atoms with van der Waals surface area (Å²) >= 11 is 0. The Labute approximate surface area is 94.5 Å². The van der Waals surface area contributed by atoms with Crippen LogP contribution < -0.4 is 4.72 Å². The molecule has 0 aliphatic carbocycles. The van der Waals surface area contributed by atoms with Gasteiger partial charge in [-0.2, -0.15) is 0 Å². The Hall–Kier alpha value is -0.700. The third-order valence-electron chi connectivity index (χ3n) is 2.09. The fourth-order valence-corrected chi connectivity index (χ4v) is 2.18. The Morgan fingerprint density at radius 2 is 1.88 bits per heavy atom. The second-order valence-corrected chi connectivity index (χ2v) is 5.69. The highest BCUT2D eigenvalue weighted by Gasteiger charge is 2.35. The first-order valence-corrected chi connectivity index (χ1v) is 6.09. The summed E-state index contributed by atoms with van der Waals surface area (Å²) < 4.78 is 29.6. The Morgan fingerprint density at radius 1 is 1.44 bits per heavy atom. The molecule has 0 saturated heterocycles. The number of sulfonamides is 1. The number of rotatable bonds is 6. The highest BCUT2D eigenvalue weighted by Crippen LogP contribution is 2.08. The van der Waals surface area contributed by atoms with E-state index in [-0.39, 0.29) is 0 Å². The van der Waals surface area contributed by atoms with E-state index in [4.69, 9.17) is 10.2 Å². The van der Waals surface area contributed by atoms with Gasteiger partial charge in [0.1, 0.15) is 0 Å². The second-order valence-electron chi connectivity index (χ2n) is 3.69. The van der Waals surface area contributed by atoms with Gasteiger partial charge < -0.3 is 14.9 Å². The molecule has 0 bridgehead atoms. The summed E-state index contributed by atoms with van der Waals surface area (Å²) in [5.74, 6) is -0.911. The minimum Gasteiger partial charge on any atom is -0.468 e. The van der Waals surface area contributed by atoms with Crippen molar-refractivity contribution < 1.29 is 28.2 Å². The zero-order valence-electron chi connectivity index (χ0n) is 9.43. The molecule has 0 aliphatic rings. The van der Waals surface area contributed by atoms with Crippen LogP contribution in [-0.4, -0.2) is 55.7 Å². The number of aliphatic hydroxyl groups excluding tert-OH is 2. The topological polar surface area (TPSA) is 113 Å². The molecule has 96 valence electrons. The first-order chi connectivity index (χ1) is 7.22. The number of aliphatic hydroxyl groups is 2. The van der Waals surface area contributed by atoms with Crippen LogP contribution in [0.25, 0.3) is 0 Å². The standard InChI is InChI=1S/C8H17NO6S/c1-6(7(12)15-3)16(13,14)9-8(2,4-10)5-11/h6,9-11H,4-5H2,1-3H3. The maximum atomic E-state index is 11.6. The number of nitrogens with one attached hydrogen (secondary N) is 1. The van der Waals surface area contributed by atoms with Gasteiger partial charge in [0.15, 0.2) is 5.25 Å². The van der Waals surface area contributed by atoms with Crippen LogP contribution in [0.1, 0.15) is 13.8 Å². The number of ether oxygens (including phenoxy) is 1. The molecule has 0 aromatic heterocycles. The Morgan fingerprint density at radius 3 is 2.19 bits per heavy atom. The summed E-state index contributed by atoms with van der Waals surface area (Å²) in [6.07, 6.45) is 0. The van der Waals surface area contributed by atoms with Crippen LogP contribution in [0.15, 0.2) is 0 Å². The number of carbonyl (C=O) groups excluding carboxylic acids is 1. The van der Waals surface area contributed by atoms with Gasteiger partial charge in [-0.15, -0.1) is 0 Å². The Bertz CT molecular complexity index is 334.